The molecule has 1 unspecified atom stereocenters. The van der Waals surface area contributed by atoms with E-state index >= 15 is 0 Å². The Morgan fingerprint density at radius 3 is 1.87 bits per heavy atom. The SMILES string of the molecule is CCCCCCC(C)C(SC)(SC)SC. The molecule has 0 aliphatic carbocycles. The summed E-state index contributed by atoms with van der Waals surface area (Å²) in [5.74, 6) is 0.800. The molecule has 0 aromatic rings. The van der Waals surface area contributed by atoms with Gasteiger partial charge in [0.25, 0.3) is 0 Å². The van der Waals surface area contributed by atoms with E-state index in [1.54, 1.807) is 0 Å². The van der Waals surface area contributed by atoms with Crippen LogP contribution in [0.1, 0.15) is 46.0 Å². The first kappa shape index (κ1) is 16.1. The summed E-state index contributed by atoms with van der Waals surface area (Å²) in [6.07, 6.45) is 13.7. The first-order valence-corrected chi connectivity index (χ1v) is 9.49. The highest BCUT2D eigenvalue weighted by Gasteiger charge is 2.33. The second kappa shape index (κ2) is 9.12. The van der Waals surface area contributed by atoms with Gasteiger partial charge in [0.1, 0.15) is 3.41 Å². The predicted octanol–water partition coefficient (Wildman–Crippen LogP) is 5.34. The van der Waals surface area contributed by atoms with Crippen LogP contribution in [-0.2, 0) is 0 Å². The lowest BCUT2D eigenvalue weighted by Crippen LogP contribution is -2.24. The molecule has 3 heteroatoms. The van der Waals surface area contributed by atoms with E-state index in [0.717, 1.165) is 5.92 Å². The largest absolute Gasteiger partial charge is 0.137 e. The number of rotatable bonds is 9. The van der Waals surface area contributed by atoms with Crippen LogP contribution in [0, 0.1) is 5.92 Å². The quantitative estimate of drug-likeness (QED) is 0.408. The topological polar surface area (TPSA) is 0 Å². The van der Waals surface area contributed by atoms with Gasteiger partial charge in [-0.05, 0) is 31.1 Å². The Kier molecular flexibility index (Phi) is 9.76. The van der Waals surface area contributed by atoms with Gasteiger partial charge in [0, 0.05) is 0 Å². The summed E-state index contributed by atoms with van der Waals surface area (Å²) in [4.78, 5) is 0. The van der Waals surface area contributed by atoms with Gasteiger partial charge in [0.15, 0.2) is 0 Å². The summed E-state index contributed by atoms with van der Waals surface area (Å²) < 4.78 is 0.381. The smallest absolute Gasteiger partial charge is 0.108 e. The maximum Gasteiger partial charge on any atom is 0.108 e. The number of hydrogen-bond donors (Lipinski definition) is 0. The average molecular weight is 267 g/mol. The number of thioether (sulfide) groups is 3. The van der Waals surface area contributed by atoms with Gasteiger partial charge >= 0.3 is 0 Å². The van der Waals surface area contributed by atoms with Gasteiger partial charge in [-0.2, -0.15) is 0 Å². The predicted molar refractivity (Wildman–Crippen MR) is 81.2 cm³/mol. The fourth-order valence-electron chi connectivity index (χ4n) is 1.91. The molecule has 0 amide bonds. The van der Waals surface area contributed by atoms with Crippen molar-refractivity contribution in [3.05, 3.63) is 0 Å². The van der Waals surface area contributed by atoms with Crippen LogP contribution in [0.15, 0.2) is 0 Å². The molecule has 0 aliphatic rings. The van der Waals surface area contributed by atoms with Crippen molar-refractivity contribution in [2.75, 3.05) is 18.8 Å². The van der Waals surface area contributed by atoms with Crippen LogP contribution in [0.4, 0.5) is 0 Å². The third-order valence-electron chi connectivity index (χ3n) is 2.95. The number of hydrogen-bond acceptors (Lipinski definition) is 3. The standard InChI is InChI=1S/C12H26S3/c1-6-7-8-9-10-11(2)12(13-3,14-4)15-5/h11H,6-10H2,1-5H3. The van der Waals surface area contributed by atoms with Crippen LogP contribution in [-0.4, -0.2) is 22.2 Å². The first-order valence-electron chi connectivity index (χ1n) is 5.82. The Morgan fingerprint density at radius 2 is 1.47 bits per heavy atom. The minimum absolute atomic E-state index is 0.381. The van der Waals surface area contributed by atoms with E-state index in [1.165, 1.54) is 32.1 Å². The normalized spacial score (nSPS) is 14.2. The van der Waals surface area contributed by atoms with Crippen LogP contribution < -0.4 is 0 Å². The van der Waals surface area contributed by atoms with Crippen LogP contribution in [0.2, 0.25) is 0 Å². The molecule has 0 aliphatic heterocycles. The van der Waals surface area contributed by atoms with Crippen molar-refractivity contribution in [2.24, 2.45) is 5.92 Å². The van der Waals surface area contributed by atoms with E-state index in [-0.39, 0.29) is 0 Å². The van der Waals surface area contributed by atoms with Crippen molar-refractivity contribution >= 4 is 35.3 Å². The summed E-state index contributed by atoms with van der Waals surface area (Å²) >= 11 is 6.05. The summed E-state index contributed by atoms with van der Waals surface area (Å²) in [5.41, 5.74) is 0. The molecule has 0 saturated carbocycles. The van der Waals surface area contributed by atoms with E-state index in [0.29, 0.717) is 3.41 Å². The molecule has 0 N–H and O–H groups in total. The van der Waals surface area contributed by atoms with Crippen LogP contribution in [0.3, 0.4) is 0 Å². The van der Waals surface area contributed by atoms with Crippen molar-refractivity contribution in [1.29, 1.82) is 0 Å². The van der Waals surface area contributed by atoms with Crippen LogP contribution >= 0.6 is 35.3 Å². The second-order valence-electron chi connectivity index (χ2n) is 3.97. The number of unbranched alkanes of at least 4 members (excludes halogenated alkanes) is 3. The molecule has 0 aromatic carbocycles. The molecular weight excluding hydrogens is 240 g/mol. The molecule has 92 valence electrons. The average Bonchev–Trinajstić information content (AvgIpc) is 2.28. The Balaban J connectivity index is 3.97. The zero-order valence-electron chi connectivity index (χ0n) is 10.8. The van der Waals surface area contributed by atoms with E-state index in [4.69, 9.17) is 0 Å². The highest BCUT2D eigenvalue weighted by Crippen LogP contribution is 2.50. The summed E-state index contributed by atoms with van der Waals surface area (Å²) in [7, 11) is 0. The van der Waals surface area contributed by atoms with Gasteiger partial charge < -0.3 is 0 Å². The van der Waals surface area contributed by atoms with Gasteiger partial charge in [0.05, 0.1) is 0 Å². The molecule has 15 heavy (non-hydrogen) atoms. The Labute approximate surface area is 109 Å². The van der Waals surface area contributed by atoms with Gasteiger partial charge in [-0.3, -0.25) is 0 Å². The van der Waals surface area contributed by atoms with Gasteiger partial charge in [-0.25, -0.2) is 0 Å². The van der Waals surface area contributed by atoms with E-state index < -0.39 is 0 Å². The fourth-order valence-corrected chi connectivity index (χ4v) is 5.47. The van der Waals surface area contributed by atoms with Crippen molar-refractivity contribution in [1.82, 2.24) is 0 Å². The lowest BCUT2D eigenvalue weighted by Gasteiger charge is -2.34. The molecule has 1 atom stereocenters. The van der Waals surface area contributed by atoms with Gasteiger partial charge in [-0.1, -0.05) is 39.5 Å². The summed E-state index contributed by atoms with van der Waals surface area (Å²) in [6.45, 7) is 4.69. The molecule has 0 bridgehead atoms. The summed E-state index contributed by atoms with van der Waals surface area (Å²) in [6, 6.07) is 0. The van der Waals surface area contributed by atoms with Crippen molar-refractivity contribution in [3.63, 3.8) is 0 Å². The minimum Gasteiger partial charge on any atom is -0.137 e. The molecule has 0 aromatic heterocycles. The third kappa shape index (κ3) is 5.27. The lowest BCUT2D eigenvalue weighted by molar-refractivity contribution is 0.507. The zero-order chi connectivity index (χ0) is 11.7. The third-order valence-corrected chi connectivity index (χ3v) is 8.86. The van der Waals surface area contributed by atoms with E-state index in [9.17, 15) is 0 Å². The molecule has 0 radical (unpaired) electrons. The molecule has 0 fully saturated rings. The Morgan fingerprint density at radius 1 is 0.933 bits per heavy atom. The van der Waals surface area contributed by atoms with Crippen molar-refractivity contribution in [3.8, 4) is 0 Å². The Bertz CT molecular complexity index is 136. The fraction of sp³-hybridized carbons (Fsp3) is 1.00. The monoisotopic (exact) mass is 266 g/mol. The molecule has 0 heterocycles. The molecule has 0 saturated heterocycles. The van der Waals surface area contributed by atoms with Crippen molar-refractivity contribution in [2.45, 2.75) is 49.4 Å². The van der Waals surface area contributed by atoms with E-state index in [2.05, 4.69) is 32.6 Å². The molecule has 0 rings (SSSR count). The Hall–Kier alpha value is 1.05. The highest BCUT2D eigenvalue weighted by molar-refractivity contribution is 8.33. The maximum atomic E-state index is 2.41. The van der Waals surface area contributed by atoms with Crippen LogP contribution in [0.25, 0.3) is 0 Å². The van der Waals surface area contributed by atoms with Crippen molar-refractivity contribution < 1.29 is 0 Å². The molecule has 0 spiro atoms. The maximum absolute atomic E-state index is 2.41. The van der Waals surface area contributed by atoms with E-state index in [1.807, 2.05) is 35.3 Å². The zero-order valence-corrected chi connectivity index (χ0v) is 13.3. The lowest BCUT2D eigenvalue weighted by atomic mass is 10.0. The molecular formula is C12H26S3. The van der Waals surface area contributed by atoms with Gasteiger partial charge in [-0.15, -0.1) is 35.3 Å². The van der Waals surface area contributed by atoms with Crippen LogP contribution in [0.5, 0.6) is 0 Å². The highest BCUT2D eigenvalue weighted by atomic mass is 32.3. The van der Waals surface area contributed by atoms with Gasteiger partial charge in [0.2, 0.25) is 0 Å². The first-order chi connectivity index (χ1) is 7.16. The summed E-state index contributed by atoms with van der Waals surface area (Å²) in [5, 5.41) is 0. The second-order valence-corrected chi connectivity index (χ2v) is 7.90. The molecule has 0 nitrogen and oxygen atoms in total. The minimum atomic E-state index is 0.381.